The van der Waals surface area contributed by atoms with Gasteiger partial charge in [0.15, 0.2) is 0 Å². The lowest BCUT2D eigenvalue weighted by atomic mass is 9.86. The third-order valence-electron chi connectivity index (χ3n) is 7.81. The van der Waals surface area contributed by atoms with E-state index in [1.54, 1.807) is 0 Å². The number of benzene rings is 4. The predicted octanol–water partition coefficient (Wildman–Crippen LogP) is 12.0. The number of pyridine rings is 1. The van der Waals surface area contributed by atoms with E-state index >= 15 is 0 Å². The van der Waals surface area contributed by atoms with Gasteiger partial charge in [0, 0.05) is 11.1 Å². The molecule has 1 heteroatoms. The SMILES string of the molecule is C=C(/C(C)=C(/C=C\C)C(=C1\C=CC=CC1)\c1cccc(-c2ccc3ccccc3c2)n1)c1ccc2ccccc2c1.CC. The van der Waals surface area contributed by atoms with Gasteiger partial charge in [-0.3, -0.25) is 0 Å². The van der Waals surface area contributed by atoms with Crippen LogP contribution in [0.3, 0.4) is 0 Å². The summed E-state index contributed by atoms with van der Waals surface area (Å²) in [6, 6.07) is 36.5. The van der Waals surface area contributed by atoms with Crippen molar-refractivity contribution in [2.75, 3.05) is 0 Å². The number of nitrogens with zero attached hydrogens (tertiary/aromatic N) is 1. The van der Waals surface area contributed by atoms with E-state index in [-0.39, 0.29) is 0 Å². The highest BCUT2D eigenvalue weighted by Crippen LogP contribution is 2.37. The molecule has 0 unspecified atom stereocenters. The third-order valence-corrected chi connectivity index (χ3v) is 7.81. The lowest BCUT2D eigenvalue weighted by molar-refractivity contribution is 1.21. The number of allylic oxidation sites excluding steroid dienone is 11. The fourth-order valence-corrected chi connectivity index (χ4v) is 5.58. The maximum Gasteiger partial charge on any atom is 0.0718 e. The van der Waals surface area contributed by atoms with Crippen molar-refractivity contribution < 1.29 is 0 Å². The Morgan fingerprint density at radius 2 is 1.42 bits per heavy atom. The van der Waals surface area contributed by atoms with Crippen molar-refractivity contribution in [1.82, 2.24) is 4.98 Å². The van der Waals surface area contributed by atoms with Crippen LogP contribution in [0.25, 0.3) is 43.9 Å². The first kappa shape index (κ1) is 29.5. The van der Waals surface area contributed by atoms with Gasteiger partial charge in [0.1, 0.15) is 0 Å². The Morgan fingerprint density at radius 3 is 2.09 bits per heavy atom. The van der Waals surface area contributed by atoms with E-state index in [2.05, 4.69) is 160 Å². The molecular weight excluding hydrogens is 518 g/mol. The minimum Gasteiger partial charge on any atom is -0.248 e. The Morgan fingerprint density at radius 1 is 0.744 bits per heavy atom. The van der Waals surface area contributed by atoms with Crippen LogP contribution in [0.15, 0.2) is 163 Å². The Balaban J connectivity index is 0.00000180. The van der Waals surface area contributed by atoms with Crippen LogP contribution < -0.4 is 0 Å². The van der Waals surface area contributed by atoms with Crippen LogP contribution in [-0.4, -0.2) is 4.98 Å². The minimum atomic E-state index is 0.852. The molecule has 6 rings (SSSR count). The van der Waals surface area contributed by atoms with Crippen molar-refractivity contribution in [3.8, 4) is 11.3 Å². The molecule has 0 N–H and O–H groups in total. The Labute approximate surface area is 256 Å². The third kappa shape index (κ3) is 6.42. The average Bonchev–Trinajstić information content (AvgIpc) is 3.08. The smallest absolute Gasteiger partial charge is 0.0718 e. The van der Waals surface area contributed by atoms with Crippen LogP contribution >= 0.6 is 0 Å². The molecule has 1 aliphatic rings. The summed E-state index contributed by atoms with van der Waals surface area (Å²) in [6.45, 7) is 12.8. The van der Waals surface area contributed by atoms with Crippen LogP contribution in [0.4, 0.5) is 0 Å². The summed E-state index contributed by atoms with van der Waals surface area (Å²) in [7, 11) is 0. The molecule has 0 amide bonds. The number of fused-ring (bicyclic) bond motifs is 2. The molecule has 0 saturated heterocycles. The Bertz CT molecular complexity index is 1940. The standard InChI is InChI=1S/C40H33N.C2H6/c1-4-13-37(29(3)28(2)33-24-22-30-14-8-10-18-34(30)26-33)40(32-16-6-5-7-17-32)39-21-12-20-38(41-39)36-25-23-31-15-9-11-19-35(31)27-36;1-2/h4-16,18-27H,2,17H2,1,3H3;1-2H3/b13-4-,37-29-,40-32+;. The van der Waals surface area contributed by atoms with Gasteiger partial charge in [0.2, 0.25) is 0 Å². The summed E-state index contributed by atoms with van der Waals surface area (Å²) in [5.41, 5.74) is 9.86. The van der Waals surface area contributed by atoms with Crippen molar-refractivity contribution in [1.29, 1.82) is 0 Å². The maximum atomic E-state index is 5.27. The van der Waals surface area contributed by atoms with Crippen LogP contribution in [-0.2, 0) is 0 Å². The van der Waals surface area contributed by atoms with Crippen molar-refractivity contribution in [3.05, 3.63) is 174 Å². The summed E-state index contributed by atoms with van der Waals surface area (Å²) in [4.78, 5) is 5.27. The predicted molar refractivity (Wildman–Crippen MR) is 189 cm³/mol. The maximum absolute atomic E-state index is 5.27. The zero-order valence-corrected chi connectivity index (χ0v) is 25.6. The van der Waals surface area contributed by atoms with E-state index in [1.165, 1.54) is 27.1 Å². The van der Waals surface area contributed by atoms with Crippen molar-refractivity contribution in [3.63, 3.8) is 0 Å². The minimum absolute atomic E-state index is 0.852. The zero-order valence-electron chi connectivity index (χ0n) is 25.6. The molecule has 1 nitrogen and oxygen atoms in total. The van der Waals surface area contributed by atoms with Gasteiger partial charge >= 0.3 is 0 Å². The van der Waals surface area contributed by atoms with Gasteiger partial charge in [-0.2, -0.15) is 0 Å². The fraction of sp³-hybridized carbons (Fsp3) is 0.119. The average molecular weight is 558 g/mol. The summed E-state index contributed by atoms with van der Waals surface area (Å²) < 4.78 is 0. The summed E-state index contributed by atoms with van der Waals surface area (Å²) in [5, 5.41) is 4.90. The second-order valence-electron chi connectivity index (χ2n) is 10.4. The van der Waals surface area contributed by atoms with Gasteiger partial charge in [-0.05, 0) is 93.9 Å². The molecule has 5 aromatic rings. The quantitative estimate of drug-likeness (QED) is 0.189. The van der Waals surface area contributed by atoms with E-state index in [0.717, 1.165) is 51.2 Å². The molecule has 212 valence electrons. The lowest BCUT2D eigenvalue weighted by Crippen LogP contribution is -2.02. The first-order chi connectivity index (χ1) is 21.1. The molecule has 0 bridgehead atoms. The van der Waals surface area contributed by atoms with E-state index in [9.17, 15) is 0 Å². The molecule has 1 aliphatic carbocycles. The Hall–Kier alpha value is -5.01. The fourth-order valence-electron chi connectivity index (χ4n) is 5.58. The topological polar surface area (TPSA) is 12.9 Å². The van der Waals surface area contributed by atoms with Crippen LogP contribution in [0.1, 0.15) is 45.4 Å². The zero-order chi connectivity index (χ0) is 30.2. The molecule has 0 fully saturated rings. The van der Waals surface area contributed by atoms with Gasteiger partial charge < -0.3 is 0 Å². The molecule has 1 heterocycles. The highest BCUT2D eigenvalue weighted by atomic mass is 14.7. The number of rotatable bonds is 6. The molecule has 0 atom stereocenters. The van der Waals surface area contributed by atoms with E-state index in [1.807, 2.05) is 13.8 Å². The van der Waals surface area contributed by atoms with Crippen LogP contribution in [0, 0.1) is 0 Å². The lowest BCUT2D eigenvalue weighted by Gasteiger charge is -2.20. The van der Waals surface area contributed by atoms with Crippen molar-refractivity contribution in [2.24, 2.45) is 0 Å². The molecule has 0 spiro atoms. The highest BCUT2D eigenvalue weighted by molar-refractivity contribution is 5.94. The van der Waals surface area contributed by atoms with Gasteiger partial charge in [-0.25, -0.2) is 4.98 Å². The molecule has 1 aromatic heterocycles. The monoisotopic (exact) mass is 557 g/mol. The highest BCUT2D eigenvalue weighted by Gasteiger charge is 2.18. The van der Waals surface area contributed by atoms with Crippen molar-refractivity contribution in [2.45, 2.75) is 34.1 Å². The van der Waals surface area contributed by atoms with Crippen LogP contribution in [0.2, 0.25) is 0 Å². The molecule has 43 heavy (non-hydrogen) atoms. The van der Waals surface area contributed by atoms with Gasteiger partial charge in [0.25, 0.3) is 0 Å². The van der Waals surface area contributed by atoms with Gasteiger partial charge in [-0.1, -0.05) is 136 Å². The summed E-state index contributed by atoms with van der Waals surface area (Å²) in [5.74, 6) is 0. The molecular formula is C42H39N. The normalized spacial score (nSPS) is 14.4. The molecule has 4 aromatic carbocycles. The van der Waals surface area contributed by atoms with E-state index < -0.39 is 0 Å². The Kier molecular flexibility index (Phi) is 9.44. The second kappa shape index (κ2) is 13.8. The summed E-state index contributed by atoms with van der Waals surface area (Å²) in [6.07, 6.45) is 13.8. The molecule has 0 radical (unpaired) electrons. The molecule has 0 aliphatic heterocycles. The molecule has 0 saturated carbocycles. The van der Waals surface area contributed by atoms with Gasteiger partial charge in [-0.15, -0.1) is 0 Å². The van der Waals surface area contributed by atoms with Crippen LogP contribution in [0.5, 0.6) is 0 Å². The van der Waals surface area contributed by atoms with Crippen molar-refractivity contribution >= 4 is 32.7 Å². The van der Waals surface area contributed by atoms with E-state index in [0.29, 0.717) is 0 Å². The number of aromatic nitrogens is 1. The largest absolute Gasteiger partial charge is 0.248 e. The summed E-state index contributed by atoms with van der Waals surface area (Å²) >= 11 is 0. The van der Waals surface area contributed by atoms with E-state index in [4.69, 9.17) is 4.98 Å². The number of hydrogen-bond donors (Lipinski definition) is 0. The number of hydrogen-bond acceptors (Lipinski definition) is 1. The first-order valence-corrected chi connectivity index (χ1v) is 15.2. The van der Waals surface area contributed by atoms with Gasteiger partial charge in [0.05, 0.1) is 11.4 Å². The second-order valence-corrected chi connectivity index (χ2v) is 10.4. The first-order valence-electron chi connectivity index (χ1n) is 15.2.